The molecule has 1 aromatic heterocycles. The van der Waals surface area contributed by atoms with Gasteiger partial charge in [0.15, 0.2) is 0 Å². The predicted octanol–water partition coefficient (Wildman–Crippen LogP) is 1.38. The summed E-state index contributed by atoms with van der Waals surface area (Å²) in [4.78, 5) is 44.4. The van der Waals surface area contributed by atoms with Crippen molar-refractivity contribution in [1.29, 1.82) is 0 Å². The maximum Gasteiger partial charge on any atom is 0.307 e. The van der Waals surface area contributed by atoms with Crippen LogP contribution in [0.1, 0.15) is 26.1 Å². The van der Waals surface area contributed by atoms with Crippen molar-refractivity contribution in [2.75, 3.05) is 0 Å². The van der Waals surface area contributed by atoms with Crippen molar-refractivity contribution >= 4 is 22.8 Å². The van der Waals surface area contributed by atoms with Crippen LogP contribution in [0.2, 0.25) is 0 Å². The molecule has 1 aromatic carbocycles. The summed E-state index contributed by atoms with van der Waals surface area (Å²) in [7, 11) is 0. The number of nitrogens with zero attached hydrogens (tertiary/aromatic N) is 2. The Balaban J connectivity index is 1.85. The number of carbonyl (C=O) groups is 2. The van der Waals surface area contributed by atoms with E-state index in [2.05, 4.69) is 9.97 Å². The standard InChI is InChI=1S/C17H19N3O4/c1-9(2)20(16(22)11-7-12(11)17(23)24)8-14-18-13-6-4-3-5-10(13)15(21)19-14/h3-6,9,11-12H,7-8H2,1-2H3,(H,23,24)(H,18,19,21)/t11-,12+/m0/s1. The second-order valence-electron chi connectivity index (χ2n) is 6.38. The van der Waals surface area contributed by atoms with Crippen molar-refractivity contribution in [2.45, 2.75) is 32.9 Å². The van der Waals surface area contributed by atoms with Crippen molar-refractivity contribution in [2.24, 2.45) is 11.8 Å². The highest BCUT2D eigenvalue weighted by Crippen LogP contribution is 2.40. The minimum atomic E-state index is -0.936. The molecule has 0 bridgehead atoms. The molecular formula is C17H19N3O4. The van der Waals surface area contributed by atoms with Crippen LogP contribution < -0.4 is 5.56 Å². The fraction of sp³-hybridized carbons (Fsp3) is 0.412. The summed E-state index contributed by atoms with van der Waals surface area (Å²) in [6.07, 6.45) is 0.374. The van der Waals surface area contributed by atoms with Crippen LogP contribution in [0.4, 0.5) is 0 Å². The molecule has 126 valence electrons. The third-order valence-corrected chi connectivity index (χ3v) is 4.31. The van der Waals surface area contributed by atoms with Gasteiger partial charge in [0, 0.05) is 6.04 Å². The number of aromatic amines is 1. The number of aliphatic carboxylic acids is 1. The number of carbonyl (C=O) groups excluding carboxylic acids is 1. The first-order valence-corrected chi connectivity index (χ1v) is 7.89. The number of aromatic nitrogens is 2. The van der Waals surface area contributed by atoms with Crippen molar-refractivity contribution < 1.29 is 14.7 Å². The van der Waals surface area contributed by atoms with Gasteiger partial charge in [0.05, 0.1) is 29.3 Å². The number of nitrogens with one attached hydrogen (secondary N) is 1. The molecule has 0 saturated heterocycles. The van der Waals surface area contributed by atoms with Gasteiger partial charge < -0.3 is 15.0 Å². The highest BCUT2D eigenvalue weighted by molar-refractivity contribution is 5.89. The molecule has 1 amide bonds. The Kier molecular flexibility index (Phi) is 4.09. The van der Waals surface area contributed by atoms with E-state index < -0.39 is 17.8 Å². The van der Waals surface area contributed by atoms with Crippen LogP contribution in [0, 0.1) is 11.8 Å². The van der Waals surface area contributed by atoms with E-state index in [0.29, 0.717) is 23.1 Å². The molecule has 1 saturated carbocycles. The topological polar surface area (TPSA) is 103 Å². The monoisotopic (exact) mass is 329 g/mol. The lowest BCUT2D eigenvalue weighted by Gasteiger charge is -2.26. The number of hydrogen-bond donors (Lipinski definition) is 2. The van der Waals surface area contributed by atoms with E-state index in [9.17, 15) is 14.4 Å². The number of benzene rings is 1. The SMILES string of the molecule is CC(C)N(Cc1nc2ccccc2c(=O)[nH]1)C(=O)[C@H]1C[C@H]1C(=O)O. The number of carboxylic acid groups (broad SMARTS) is 1. The molecule has 2 atom stereocenters. The van der Waals surface area contributed by atoms with Crippen molar-refractivity contribution in [3.8, 4) is 0 Å². The van der Waals surface area contributed by atoms with Crippen molar-refractivity contribution in [1.82, 2.24) is 14.9 Å². The first-order valence-electron chi connectivity index (χ1n) is 7.89. The maximum absolute atomic E-state index is 12.6. The summed E-state index contributed by atoms with van der Waals surface area (Å²) in [6.45, 7) is 3.86. The van der Waals surface area contributed by atoms with Gasteiger partial charge in [-0.2, -0.15) is 0 Å². The van der Waals surface area contributed by atoms with Gasteiger partial charge in [-0.1, -0.05) is 12.1 Å². The predicted molar refractivity (Wildman–Crippen MR) is 87.3 cm³/mol. The van der Waals surface area contributed by atoms with E-state index in [-0.39, 0.29) is 24.1 Å². The molecule has 24 heavy (non-hydrogen) atoms. The minimum Gasteiger partial charge on any atom is -0.481 e. The van der Waals surface area contributed by atoms with Gasteiger partial charge >= 0.3 is 5.97 Å². The van der Waals surface area contributed by atoms with Crippen LogP contribution in [0.25, 0.3) is 10.9 Å². The smallest absolute Gasteiger partial charge is 0.307 e. The molecular weight excluding hydrogens is 310 g/mol. The summed E-state index contributed by atoms with van der Waals surface area (Å²) in [5.74, 6) is -1.81. The van der Waals surface area contributed by atoms with E-state index in [0.717, 1.165) is 0 Å². The molecule has 0 aliphatic heterocycles. The molecule has 0 unspecified atom stereocenters. The second kappa shape index (κ2) is 6.07. The molecule has 1 fully saturated rings. The minimum absolute atomic E-state index is 0.121. The molecule has 1 aliphatic rings. The van der Waals surface area contributed by atoms with Crippen LogP contribution in [-0.2, 0) is 16.1 Å². The van der Waals surface area contributed by atoms with Gasteiger partial charge in [0.25, 0.3) is 5.56 Å². The molecule has 1 aliphatic carbocycles. The zero-order chi connectivity index (χ0) is 17.4. The molecule has 3 rings (SSSR count). The van der Waals surface area contributed by atoms with E-state index in [1.807, 2.05) is 13.8 Å². The molecule has 7 heteroatoms. The Hall–Kier alpha value is -2.70. The van der Waals surface area contributed by atoms with Crippen molar-refractivity contribution in [3.63, 3.8) is 0 Å². The highest BCUT2D eigenvalue weighted by atomic mass is 16.4. The number of rotatable bonds is 5. The molecule has 7 nitrogen and oxygen atoms in total. The highest BCUT2D eigenvalue weighted by Gasteiger charge is 2.50. The van der Waals surface area contributed by atoms with Gasteiger partial charge in [-0.15, -0.1) is 0 Å². The Morgan fingerprint density at radius 3 is 2.67 bits per heavy atom. The molecule has 1 heterocycles. The number of fused-ring (bicyclic) bond motifs is 1. The third-order valence-electron chi connectivity index (χ3n) is 4.31. The lowest BCUT2D eigenvalue weighted by molar-refractivity contribution is -0.142. The zero-order valence-electron chi connectivity index (χ0n) is 13.5. The van der Waals surface area contributed by atoms with E-state index in [1.165, 1.54) is 0 Å². The number of para-hydroxylation sites is 1. The van der Waals surface area contributed by atoms with Crippen molar-refractivity contribution in [3.05, 3.63) is 40.4 Å². The second-order valence-corrected chi connectivity index (χ2v) is 6.38. The Morgan fingerprint density at radius 1 is 1.33 bits per heavy atom. The van der Waals surface area contributed by atoms with Crippen LogP contribution in [-0.4, -0.2) is 37.9 Å². The normalized spacial score (nSPS) is 19.5. The summed E-state index contributed by atoms with van der Waals surface area (Å²) in [5, 5.41) is 9.50. The molecule has 2 aromatic rings. The third kappa shape index (κ3) is 3.02. The Labute approximate surface area is 138 Å². The van der Waals surface area contributed by atoms with E-state index >= 15 is 0 Å². The van der Waals surface area contributed by atoms with Crippen LogP contribution in [0.15, 0.2) is 29.1 Å². The van der Waals surface area contributed by atoms with Gasteiger partial charge in [-0.3, -0.25) is 14.4 Å². The van der Waals surface area contributed by atoms with Crippen LogP contribution in [0.5, 0.6) is 0 Å². The molecule has 2 N–H and O–H groups in total. The summed E-state index contributed by atoms with van der Waals surface area (Å²) < 4.78 is 0. The average Bonchev–Trinajstić information content (AvgIpc) is 3.32. The number of carboxylic acids is 1. The van der Waals surface area contributed by atoms with Gasteiger partial charge in [0.2, 0.25) is 5.91 Å². The number of hydrogen-bond acceptors (Lipinski definition) is 4. The van der Waals surface area contributed by atoms with Gasteiger partial charge in [-0.25, -0.2) is 4.98 Å². The fourth-order valence-electron chi connectivity index (χ4n) is 2.84. The first kappa shape index (κ1) is 16.2. The number of H-pyrrole nitrogens is 1. The summed E-state index contributed by atoms with van der Waals surface area (Å²) >= 11 is 0. The van der Waals surface area contributed by atoms with Crippen LogP contribution in [0.3, 0.4) is 0 Å². The lowest BCUT2D eigenvalue weighted by Crippen LogP contribution is -2.39. The van der Waals surface area contributed by atoms with E-state index in [1.54, 1.807) is 29.2 Å². The fourth-order valence-corrected chi connectivity index (χ4v) is 2.84. The Bertz CT molecular complexity index is 858. The van der Waals surface area contributed by atoms with Gasteiger partial charge in [-0.05, 0) is 32.4 Å². The number of amides is 1. The van der Waals surface area contributed by atoms with Crippen LogP contribution >= 0.6 is 0 Å². The molecule has 0 radical (unpaired) electrons. The lowest BCUT2D eigenvalue weighted by atomic mass is 10.2. The first-order chi connectivity index (χ1) is 11.4. The maximum atomic E-state index is 12.6. The quantitative estimate of drug-likeness (QED) is 0.862. The average molecular weight is 329 g/mol. The summed E-state index contributed by atoms with van der Waals surface area (Å²) in [5.41, 5.74) is 0.323. The Morgan fingerprint density at radius 2 is 2.04 bits per heavy atom. The zero-order valence-corrected chi connectivity index (χ0v) is 13.5. The largest absolute Gasteiger partial charge is 0.481 e. The summed E-state index contributed by atoms with van der Waals surface area (Å²) in [6, 6.07) is 6.88. The van der Waals surface area contributed by atoms with Gasteiger partial charge in [0.1, 0.15) is 5.82 Å². The molecule has 0 spiro atoms. The van der Waals surface area contributed by atoms with E-state index in [4.69, 9.17) is 5.11 Å².